The third-order valence-electron chi connectivity index (χ3n) is 1.91. The Morgan fingerprint density at radius 2 is 2.06 bits per heavy atom. The number of hydrogen-bond acceptors (Lipinski definition) is 2. The van der Waals surface area contributed by atoms with Crippen molar-refractivity contribution in [1.29, 1.82) is 0 Å². The molecule has 0 aliphatic heterocycles. The first kappa shape index (κ1) is 12.4. The second-order valence-electron chi connectivity index (χ2n) is 3.03. The first-order chi connectivity index (χ1) is 7.33. The van der Waals surface area contributed by atoms with Crippen molar-refractivity contribution in [3.8, 4) is 5.75 Å². The van der Waals surface area contributed by atoms with E-state index in [0.717, 1.165) is 12.1 Å². The predicted octanol–water partition coefficient (Wildman–Crippen LogP) is 2.85. The second-order valence-corrected chi connectivity index (χ2v) is 3.03. The quantitative estimate of drug-likeness (QED) is 0.874. The van der Waals surface area contributed by atoms with Crippen LogP contribution in [0.4, 0.5) is 13.2 Å². The Kier molecular flexibility index (Phi) is 3.41. The summed E-state index contributed by atoms with van der Waals surface area (Å²) in [6.45, 7) is 1.62. The molecule has 1 rings (SSSR count). The molecule has 1 aromatic carbocycles. The van der Waals surface area contributed by atoms with Gasteiger partial charge in [0.05, 0.1) is 5.56 Å². The molecule has 0 spiro atoms. The fourth-order valence-electron chi connectivity index (χ4n) is 1.21. The van der Waals surface area contributed by atoms with Gasteiger partial charge in [0.15, 0.2) is 0 Å². The lowest BCUT2D eigenvalue weighted by atomic mass is 10.1. The monoisotopic (exact) mass is 234 g/mol. The zero-order chi connectivity index (χ0) is 12.3. The Balaban J connectivity index is 3.07. The fourth-order valence-corrected chi connectivity index (χ4v) is 1.21. The van der Waals surface area contributed by atoms with E-state index in [-0.39, 0.29) is 23.3 Å². The summed E-state index contributed by atoms with van der Waals surface area (Å²) in [5.41, 5.74) is 0.142. The van der Waals surface area contributed by atoms with E-state index in [1.165, 1.54) is 6.07 Å². The van der Waals surface area contributed by atoms with Gasteiger partial charge >= 0.3 is 12.3 Å². The minimum Gasteiger partial charge on any atom is -0.478 e. The Morgan fingerprint density at radius 1 is 1.44 bits per heavy atom. The molecule has 0 saturated heterocycles. The smallest absolute Gasteiger partial charge is 0.478 e. The maximum atomic E-state index is 12.0. The average molecular weight is 234 g/mol. The van der Waals surface area contributed by atoms with Crippen molar-refractivity contribution >= 4 is 5.97 Å². The number of aryl methyl sites for hydroxylation is 1. The van der Waals surface area contributed by atoms with E-state index >= 15 is 0 Å². The number of ether oxygens (including phenoxy) is 1. The van der Waals surface area contributed by atoms with Crippen LogP contribution >= 0.6 is 0 Å². The highest BCUT2D eigenvalue weighted by Crippen LogP contribution is 2.27. The maximum absolute atomic E-state index is 12.0. The predicted molar refractivity (Wildman–Crippen MR) is 49.5 cm³/mol. The van der Waals surface area contributed by atoms with Gasteiger partial charge in [-0.1, -0.05) is 6.92 Å². The van der Waals surface area contributed by atoms with Gasteiger partial charge in [0.25, 0.3) is 0 Å². The van der Waals surface area contributed by atoms with E-state index in [0.29, 0.717) is 0 Å². The van der Waals surface area contributed by atoms with E-state index in [2.05, 4.69) is 4.74 Å². The van der Waals surface area contributed by atoms with Crippen LogP contribution in [0.5, 0.6) is 5.75 Å². The molecule has 1 N–H and O–H groups in total. The Bertz CT molecular complexity index is 399. The summed E-state index contributed by atoms with van der Waals surface area (Å²) in [5, 5.41) is 8.67. The first-order valence-corrected chi connectivity index (χ1v) is 4.45. The molecule has 0 radical (unpaired) electrons. The molecule has 1 aromatic rings. The van der Waals surface area contributed by atoms with Gasteiger partial charge in [-0.25, -0.2) is 4.79 Å². The topological polar surface area (TPSA) is 46.5 Å². The normalized spacial score (nSPS) is 11.2. The van der Waals surface area contributed by atoms with Crippen LogP contribution in [-0.4, -0.2) is 17.4 Å². The summed E-state index contributed by atoms with van der Waals surface area (Å²) < 4.78 is 39.7. The minimum absolute atomic E-state index is 0.0635. The van der Waals surface area contributed by atoms with Crippen molar-refractivity contribution in [2.24, 2.45) is 0 Å². The largest absolute Gasteiger partial charge is 0.573 e. The minimum atomic E-state index is -4.77. The highest BCUT2D eigenvalue weighted by Gasteiger charge is 2.32. The number of rotatable bonds is 3. The fraction of sp³-hybridized carbons (Fsp3) is 0.300. The number of hydrogen-bond donors (Lipinski definition) is 1. The summed E-state index contributed by atoms with van der Waals surface area (Å²) in [5.74, 6) is -1.55. The number of halogens is 3. The molecule has 3 nitrogen and oxygen atoms in total. The maximum Gasteiger partial charge on any atom is 0.573 e. The summed E-state index contributed by atoms with van der Waals surface area (Å²) >= 11 is 0. The Labute approximate surface area is 89.5 Å². The van der Waals surface area contributed by atoms with Gasteiger partial charge in [-0.15, -0.1) is 13.2 Å². The van der Waals surface area contributed by atoms with Gasteiger partial charge in [0.2, 0.25) is 0 Å². The molecule has 0 saturated carbocycles. The van der Waals surface area contributed by atoms with Gasteiger partial charge in [-0.2, -0.15) is 0 Å². The molecule has 0 fully saturated rings. The van der Waals surface area contributed by atoms with Crippen LogP contribution in [0.25, 0.3) is 0 Å². The van der Waals surface area contributed by atoms with E-state index in [4.69, 9.17) is 5.11 Å². The van der Waals surface area contributed by atoms with Crippen LogP contribution in [-0.2, 0) is 6.42 Å². The van der Waals surface area contributed by atoms with Crippen molar-refractivity contribution < 1.29 is 27.8 Å². The Hall–Kier alpha value is -1.72. The molecule has 0 heterocycles. The lowest BCUT2D eigenvalue weighted by molar-refractivity contribution is -0.274. The van der Waals surface area contributed by atoms with Gasteiger partial charge in [0.1, 0.15) is 5.75 Å². The lowest BCUT2D eigenvalue weighted by Crippen LogP contribution is -2.18. The molecule has 6 heteroatoms. The van der Waals surface area contributed by atoms with Gasteiger partial charge < -0.3 is 9.84 Å². The zero-order valence-corrected chi connectivity index (χ0v) is 8.34. The highest BCUT2D eigenvalue weighted by atomic mass is 19.4. The van der Waals surface area contributed by atoms with Gasteiger partial charge in [0, 0.05) is 0 Å². The molecule has 0 bridgehead atoms. The van der Waals surface area contributed by atoms with Crippen LogP contribution < -0.4 is 4.74 Å². The standard InChI is InChI=1S/C10H9F3O3/c1-2-6-5-7(9(14)15)3-4-8(6)16-10(11,12)13/h3-5H,2H2,1H3,(H,14,15). The molecule has 0 aliphatic rings. The van der Waals surface area contributed by atoms with Gasteiger partial charge in [-0.3, -0.25) is 0 Å². The van der Waals surface area contributed by atoms with E-state index < -0.39 is 12.3 Å². The number of benzene rings is 1. The third kappa shape index (κ3) is 3.15. The van der Waals surface area contributed by atoms with Gasteiger partial charge in [-0.05, 0) is 30.2 Å². The number of aromatic carboxylic acids is 1. The molecule has 0 unspecified atom stereocenters. The van der Waals surface area contributed by atoms with Crippen LogP contribution in [0.15, 0.2) is 18.2 Å². The molecular weight excluding hydrogens is 225 g/mol. The summed E-state index contributed by atoms with van der Waals surface area (Å²) in [6, 6.07) is 3.25. The summed E-state index contributed by atoms with van der Waals surface area (Å²) in [4.78, 5) is 10.6. The molecule has 0 amide bonds. The number of carboxylic acids is 1. The summed E-state index contributed by atoms with van der Waals surface area (Å²) in [7, 11) is 0. The van der Waals surface area contributed by atoms with E-state index in [1.54, 1.807) is 6.92 Å². The van der Waals surface area contributed by atoms with Crippen molar-refractivity contribution in [1.82, 2.24) is 0 Å². The van der Waals surface area contributed by atoms with Crippen LogP contribution in [0.1, 0.15) is 22.8 Å². The molecule has 16 heavy (non-hydrogen) atoms. The van der Waals surface area contributed by atoms with Crippen LogP contribution in [0.3, 0.4) is 0 Å². The average Bonchev–Trinajstić information content (AvgIpc) is 2.15. The molecule has 0 aromatic heterocycles. The van der Waals surface area contributed by atoms with E-state index in [9.17, 15) is 18.0 Å². The second kappa shape index (κ2) is 4.42. The number of carbonyl (C=O) groups is 1. The number of alkyl halides is 3. The van der Waals surface area contributed by atoms with Crippen molar-refractivity contribution in [2.75, 3.05) is 0 Å². The van der Waals surface area contributed by atoms with Crippen LogP contribution in [0, 0.1) is 0 Å². The van der Waals surface area contributed by atoms with Crippen molar-refractivity contribution in [3.05, 3.63) is 29.3 Å². The third-order valence-corrected chi connectivity index (χ3v) is 1.91. The SMILES string of the molecule is CCc1cc(C(=O)O)ccc1OC(F)(F)F. The summed E-state index contributed by atoms with van der Waals surface area (Å²) in [6.07, 6.45) is -4.51. The molecule has 0 atom stereocenters. The zero-order valence-electron chi connectivity index (χ0n) is 8.34. The van der Waals surface area contributed by atoms with Crippen molar-refractivity contribution in [3.63, 3.8) is 0 Å². The Morgan fingerprint density at radius 3 is 2.50 bits per heavy atom. The highest BCUT2D eigenvalue weighted by molar-refractivity contribution is 5.88. The van der Waals surface area contributed by atoms with E-state index in [1.807, 2.05) is 0 Å². The molecule has 0 aliphatic carbocycles. The molecular formula is C10H9F3O3. The molecule has 88 valence electrons. The van der Waals surface area contributed by atoms with Crippen molar-refractivity contribution in [2.45, 2.75) is 19.7 Å². The lowest BCUT2D eigenvalue weighted by Gasteiger charge is -2.12. The number of carboxylic acid groups (broad SMARTS) is 1. The van der Waals surface area contributed by atoms with Crippen LogP contribution in [0.2, 0.25) is 0 Å². The first-order valence-electron chi connectivity index (χ1n) is 4.45.